The molecule has 0 aromatic heterocycles. The highest BCUT2D eigenvalue weighted by Gasteiger charge is 2.25. The largest absolute Gasteiger partial charge is 0.288 e. The number of benzene rings is 3. The quantitative estimate of drug-likeness (QED) is 0.160. The summed E-state index contributed by atoms with van der Waals surface area (Å²) in [4.78, 5) is 27.5. The Kier molecular flexibility index (Phi) is 6.69. The third kappa shape index (κ3) is 4.79. The summed E-state index contributed by atoms with van der Waals surface area (Å²) in [6.07, 6.45) is 1.89. The van der Waals surface area contributed by atoms with Crippen LogP contribution in [0.25, 0.3) is 0 Å². The second kappa shape index (κ2) is 9.40. The normalized spacial score (nSPS) is 10.3. The third-order valence-corrected chi connectivity index (χ3v) is 6.09. The second-order valence-corrected chi connectivity index (χ2v) is 7.83. The van der Waals surface area contributed by atoms with Gasteiger partial charge in [-0.05, 0) is 18.4 Å². The average Bonchev–Trinajstić information content (AvgIpc) is 2.75. The molecule has 3 aromatic rings. The lowest BCUT2D eigenvalue weighted by Gasteiger charge is -2.12. The standard InChI is InChI=1S/C23H18O2S2/c1-26-23(27-19-15-9-4-10-16-19)20(21(24)17-11-5-2-6-12-17)22(25)18-13-7-3-8-14-18/h2-16H,1H3. The first-order valence-electron chi connectivity index (χ1n) is 8.41. The van der Waals surface area contributed by atoms with Crippen LogP contribution in [0.4, 0.5) is 0 Å². The molecule has 0 N–H and O–H groups in total. The van der Waals surface area contributed by atoms with Crippen LogP contribution in [0.15, 0.2) is 106 Å². The first kappa shape index (κ1) is 19.2. The van der Waals surface area contributed by atoms with Gasteiger partial charge in [0.2, 0.25) is 0 Å². The predicted molar refractivity (Wildman–Crippen MR) is 114 cm³/mol. The van der Waals surface area contributed by atoms with E-state index in [4.69, 9.17) is 0 Å². The SMILES string of the molecule is CSC(Sc1ccccc1)=C(C(=O)c1ccccc1)C(=O)c1ccccc1. The van der Waals surface area contributed by atoms with Crippen LogP contribution in [0.3, 0.4) is 0 Å². The summed E-state index contributed by atoms with van der Waals surface area (Å²) in [6.45, 7) is 0. The first-order chi connectivity index (χ1) is 13.2. The summed E-state index contributed by atoms with van der Waals surface area (Å²) in [5.74, 6) is -0.505. The topological polar surface area (TPSA) is 34.1 Å². The van der Waals surface area contributed by atoms with Crippen LogP contribution in [-0.4, -0.2) is 17.8 Å². The smallest absolute Gasteiger partial charge is 0.198 e. The van der Waals surface area contributed by atoms with Crippen LogP contribution >= 0.6 is 23.5 Å². The number of carbonyl (C=O) groups excluding carboxylic acids is 2. The first-order valence-corrected chi connectivity index (χ1v) is 10.5. The van der Waals surface area contributed by atoms with Crippen molar-refractivity contribution in [3.63, 3.8) is 0 Å². The summed E-state index contributed by atoms with van der Waals surface area (Å²) >= 11 is 2.86. The van der Waals surface area contributed by atoms with Gasteiger partial charge in [0.05, 0.1) is 9.81 Å². The van der Waals surface area contributed by atoms with Gasteiger partial charge in [-0.1, -0.05) is 90.6 Å². The molecule has 0 atom stereocenters. The fourth-order valence-electron chi connectivity index (χ4n) is 2.55. The third-order valence-electron chi connectivity index (χ3n) is 3.87. The second-order valence-electron chi connectivity index (χ2n) is 5.67. The maximum atomic E-state index is 13.2. The van der Waals surface area contributed by atoms with Crippen LogP contribution < -0.4 is 0 Å². The number of allylic oxidation sites excluding steroid dienone is 1. The van der Waals surface area contributed by atoms with Gasteiger partial charge in [-0.2, -0.15) is 0 Å². The number of rotatable bonds is 7. The highest BCUT2D eigenvalue weighted by atomic mass is 32.2. The van der Waals surface area contributed by atoms with Crippen molar-refractivity contribution in [2.24, 2.45) is 0 Å². The number of ketones is 2. The summed E-state index contributed by atoms with van der Waals surface area (Å²) in [7, 11) is 0. The van der Waals surface area contributed by atoms with Gasteiger partial charge >= 0.3 is 0 Å². The van der Waals surface area contributed by atoms with Crippen LogP contribution in [0.2, 0.25) is 0 Å². The minimum Gasteiger partial charge on any atom is -0.288 e. The van der Waals surface area contributed by atoms with E-state index < -0.39 is 0 Å². The zero-order valence-electron chi connectivity index (χ0n) is 14.8. The molecule has 0 aliphatic carbocycles. The van der Waals surface area contributed by atoms with Crippen molar-refractivity contribution in [2.45, 2.75) is 4.90 Å². The average molecular weight is 391 g/mol. The monoisotopic (exact) mass is 390 g/mol. The Morgan fingerprint density at radius 3 is 1.44 bits per heavy atom. The van der Waals surface area contributed by atoms with Gasteiger partial charge < -0.3 is 0 Å². The Balaban J connectivity index is 2.10. The van der Waals surface area contributed by atoms with Crippen LogP contribution in [0.1, 0.15) is 20.7 Å². The van der Waals surface area contributed by atoms with Crippen molar-refractivity contribution in [1.29, 1.82) is 0 Å². The Morgan fingerprint density at radius 1 is 0.630 bits per heavy atom. The lowest BCUT2D eigenvalue weighted by atomic mass is 9.97. The van der Waals surface area contributed by atoms with Crippen LogP contribution in [0.5, 0.6) is 0 Å². The molecule has 2 nitrogen and oxygen atoms in total. The highest BCUT2D eigenvalue weighted by molar-refractivity contribution is 8.22. The molecule has 0 fully saturated rings. The number of carbonyl (C=O) groups is 2. The molecule has 0 heterocycles. The molecule has 0 bridgehead atoms. The molecule has 3 aromatic carbocycles. The molecule has 27 heavy (non-hydrogen) atoms. The number of hydrogen-bond donors (Lipinski definition) is 0. The molecule has 0 unspecified atom stereocenters. The number of thioether (sulfide) groups is 2. The molecular weight excluding hydrogens is 372 g/mol. The summed E-state index contributed by atoms with van der Waals surface area (Å²) < 4.78 is 0.698. The molecule has 0 spiro atoms. The fourth-order valence-corrected chi connectivity index (χ4v) is 4.35. The zero-order valence-corrected chi connectivity index (χ0v) is 16.4. The minimum atomic E-state index is -0.253. The molecule has 3 rings (SSSR count). The minimum absolute atomic E-state index is 0.216. The lowest BCUT2D eigenvalue weighted by molar-refractivity contribution is 0.0962. The van der Waals surface area contributed by atoms with Crippen molar-refractivity contribution in [3.05, 3.63) is 112 Å². The van der Waals surface area contributed by atoms with Crippen molar-refractivity contribution >= 4 is 35.1 Å². The summed E-state index contributed by atoms with van der Waals surface area (Å²) in [6, 6.07) is 27.7. The van der Waals surface area contributed by atoms with E-state index in [1.807, 2.05) is 48.7 Å². The van der Waals surface area contributed by atoms with E-state index in [9.17, 15) is 9.59 Å². The fraction of sp³-hybridized carbons (Fsp3) is 0.0435. The number of Topliss-reactive ketones (excluding diaryl/α,β-unsaturated/α-hetero) is 2. The van der Waals surface area contributed by atoms with Gasteiger partial charge in [0.1, 0.15) is 0 Å². The van der Waals surface area contributed by atoms with E-state index in [2.05, 4.69) is 0 Å². The van der Waals surface area contributed by atoms with Crippen molar-refractivity contribution in [1.82, 2.24) is 0 Å². The van der Waals surface area contributed by atoms with E-state index in [-0.39, 0.29) is 17.1 Å². The van der Waals surface area contributed by atoms with E-state index in [1.54, 1.807) is 48.5 Å². The molecule has 134 valence electrons. The van der Waals surface area contributed by atoms with Crippen LogP contribution in [-0.2, 0) is 0 Å². The van der Waals surface area contributed by atoms with Crippen molar-refractivity contribution < 1.29 is 9.59 Å². The predicted octanol–water partition coefficient (Wildman–Crippen LogP) is 6.12. The van der Waals surface area contributed by atoms with E-state index in [0.717, 1.165) is 4.90 Å². The Hall–Kier alpha value is -2.56. The highest BCUT2D eigenvalue weighted by Crippen LogP contribution is 2.37. The zero-order chi connectivity index (χ0) is 19.1. The van der Waals surface area contributed by atoms with E-state index in [0.29, 0.717) is 15.4 Å². The lowest BCUT2D eigenvalue weighted by Crippen LogP contribution is -2.15. The van der Waals surface area contributed by atoms with Gasteiger partial charge in [0, 0.05) is 16.0 Å². The van der Waals surface area contributed by atoms with Gasteiger partial charge in [-0.15, -0.1) is 11.8 Å². The Morgan fingerprint density at radius 2 is 1.04 bits per heavy atom. The molecule has 0 amide bonds. The maximum absolute atomic E-state index is 13.2. The Bertz CT molecular complexity index is 896. The molecule has 0 radical (unpaired) electrons. The van der Waals surface area contributed by atoms with E-state index in [1.165, 1.54) is 23.5 Å². The van der Waals surface area contributed by atoms with Crippen LogP contribution in [0, 0.1) is 0 Å². The molecule has 0 aliphatic heterocycles. The molecule has 0 saturated heterocycles. The summed E-state index contributed by atoms with van der Waals surface area (Å²) in [5, 5.41) is 0. The Labute approximate surface area is 167 Å². The molecular formula is C23H18O2S2. The van der Waals surface area contributed by atoms with Gasteiger partial charge in [0.15, 0.2) is 11.6 Å². The summed E-state index contributed by atoms with van der Waals surface area (Å²) in [5.41, 5.74) is 1.24. The molecule has 4 heteroatoms. The number of hydrogen-bond acceptors (Lipinski definition) is 4. The van der Waals surface area contributed by atoms with Crippen molar-refractivity contribution in [2.75, 3.05) is 6.26 Å². The maximum Gasteiger partial charge on any atom is 0.198 e. The molecule has 0 aliphatic rings. The molecule has 0 saturated carbocycles. The van der Waals surface area contributed by atoms with E-state index >= 15 is 0 Å². The van der Waals surface area contributed by atoms with Gasteiger partial charge in [0.25, 0.3) is 0 Å². The van der Waals surface area contributed by atoms with Crippen molar-refractivity contribution in [3.8, 4) is 0 Å². The van der Waals surface area contributed by atoms with Gasteiger partial charge in [-0.3, -0.25) is 9.59 Å². The van der Waals surface area contributed by atoms with Gasteiger partial charge in [-0.25, -0.2) is 0 Å².